The normalized spacial score (nSPS) is 22.6. The average Bonchev–Trinajstić information content (AvgIpc) is 3.19. The van der Waals surface area contributed by atoms with Crippen molar-refractivity contribution in [3.8, 4) is 9.88 Å². The van der Waals surface area contributed by atoms with E-state index in [1.54, 1.807) is 23.6 Å². The van der Waals surface area contributed by atoms with Crippen LogP contribution in [0.2, 0.25) is 0 Å². The van der Waals surface area contributed by atoms with Crippen molar-refractivity contribution < 1.29 is 8.78 Å². The summed E-state index contributed by atoms with van der Waals surface area (Å²) in [7, 11) is 0. The summed E-state index contributed by atoms with van der Waals surface area (Å²) in [5, 5.41) is 15.1. The van der Waals surface area contributed by atoms with Gasteiger partial charge in [-0.1, -0.05) is 11.3 Å². The van der Waals surface area contributed by atoms with Gasteiger partial charge in [-0.15, -0.1) is 21.5 Å². The second-order valence-electron chi connectivity index (χ2n) is 6.32. The number of hydrogen-bond acceptors (Lipinski definition) is 6. The molecule has 1 N–H and O–H groups in total. The number of hydrogen-bond donors (Lipinski definition) is 1. The summed E-state index contributed by atoms with van der Waals surface area (Å²) >= 11 is 3.07. The van der Waals surface area contributed by atoms with E-state index in [2.05, 4.69) is 20.5 Å². The second kappa shape index (κ2) is 6.42. The van der Waals surface area contributed by atoms with Crippen LogP contribution in [0.1, 0.15) is 24.1 Å². The molecule has 8 heteroatoms. The van der Waals surface area contributed by atoms with Gasteiger partial charge in [-0.25, -0.2) is 8.78 Å². The summed E-state index contributed by atoms with van der Waals surface area (Å²) in [6.45, 7) is 2.42. The van der Waals surface area contributed by atoms with Crippen LogP contribution in [0.4, 0.5) is 13.9 Å². The minimum absolute atomic E-state index is 0.267. The van der Waals surface area contributed by atoms with E-state index >= 15 is 0 Å². The van der Waals surface area contributed by atoms with Crippen LogP contribution < -0.4 is 5.32 Å². The number of aromatic nitrogens is 3. The van der Waals surface area contributed by atoms with Crippen molar-refractivity contribution in [2.75, 3.05) is 11.9 Å². The monoisotopic (exact) mass is 378 g/mol. The Kier molecular flexibility index (Phi) is 4.24. The van der Waals surface area contributed by atoms with Gasteiger partial charge >= 0.3 is 0 Å². The maximum absolute atomic E-state index is 14.2. The summed E-state index contributed by atoms with van der Waals surface area (Å²) in [4.78, 5) is 5.26. The van der Waals surface area contributed by atoms with Gasteiger partial charge in [0, 0.05) is 18.2 Å². The lowest BCUT2D eigenvalue weighted by molar-refractivity contribution is 0.0965. The lowest BCUT2D eigenvalue weighted by atomic mass is 9.65. The lowest BCUT2D eigenvalue weighted by Crippen LogP contribution is -2.48. The van der Waals surface area contributed by atoms with Crippen molar-refractivity contribution >= 4 is 27.8 Å². The molecule has 3 aromatic rings. The summed E-state index contributed by atoms with van der Waals surface area (Å²) in [6, 6.07) is 4.97. The smallest absolute Gasteiger partial charge is 0.206 e. The zero-order valence-corrected chi connectivity index (χ0v) is 15.1. The standard InChI is InChI=1S/C17H16F2N4S2/c1-10-4-6-24-13(10)15-22-23-16(25-15)21-9-17(7-11(18)8-17)14-12(19)3-2-5-20-14/h2-6,11H,7-9H2,1H3,(H,21,23). The molecule has 0 bridgehead atoms. The molecule has 1 aliphatic carbocycles. The van der Waals surface area contributed by atoms with Crippen LogP contribution in [0, 0.1) is 12.7 Å². The molecule has 0 aromatic carbocycles. The first-order valence-electron chi connectivity index (χ1n) is 7.94. The fourth-order valence-corrected chi connectivity index (χ4v) is 5.03. The van der Waals surface area contributed by atoms with Crippen LogP contribution in [0.3, 0.4) is 0 Å². The first kappa shape index (κ1) is 16.5. The van der Waals surface area contributed by atoms with E-state index in [9.17, 15) is 8.78 Å². The molecule has 0 radical (unpaired) electrons. The number of alkyl halides is 1. The Hall–Kier alpha value is -1.93. The van der Waals surface area contributed by atoms with Crippen LogP contribution in [-0.4, -0.2) is 27.9 Å². The largest absolute Gasteiger partial charge is 0.359 e. The Morgan fingerprint density at radius 2 is 2.16 bits per heavy atom. The van der Waals surface area contributed by atoms with Crippen LogP contribution in [0.25, 0.3) is 9.88 Å². The van der Waals surface area contributed by atoms with Gasteiger partial charge in [-0.2, -0.15) is 0 Å². The summed E-state index contributed by atoms with van der Waals surface area (Å²) in [5.41, 5.74) is 0.865. The third kappa shape index (κ3) is 3.04. The number of nitrogens with zero attached hydrogens (tertiary/aromatic N) is 3. The number of rotatable bonds is 5. The SMILES string of the molecule is Cc1ccsc1-c1nnc(NCC2(c3ncccc3F)CC(F)C2)s1. The van der Waals surface area contributed by atoms with Gasteiger partial charge in [0.05, 0.1) is 10.6 Å². The maximum Gasteiger partial charge on any atom is 0.206 e. The van der Waals surface area contributed by atoms with Gasteiger partial charge in [0.15, 0.2) is 5.01 Å². The van der Waals surface area contributed by atoms with E-state index in [1.807, 2.05) is 18.4 Å². The van der Waals surface area contributed by atoms with Gasteiger partial charge in [-0.05, 0) is 48.9 Å². The quantitative estimate of drug-likeness (QED) is 0.705. The Balaban J connectivity index is 1.53. The highest BCUT2D eigenvalue weighted by Crippen LogP contribution is 2.46. The predicted molar refractivity (Wildman–Crippen MR) is 96.5 cm³/mol. The van der Waals surface area contributed by atoms with Gasteiger partial charge < -0.3 is 5.32 Å². The van der Waals surface area contributed by atoms with Crippen molar-refractivity contribution in [2.45, 2.75) is 31.4 Å². The molecular weight excluding hydrogens is 362 g/mol. The highest BCUT2D eigenvalue weighted by atomic mass is 32.1. The minimum Gasteiger partial charge on any atom is -0.359 e. The number of halogens is 2. The van der Waals surface area contributed by atoms with Crippen LogP contribution in [-0.2, 0) is 5.41 Å². The van der Waals surface area contributed by atoms with E-state index in [0.717, 1.165) is 9.88 Å². The van der Waals surface area contributed by atoms with Crippen LogP contribution >= 0.6 is 22.7 Å². The molecule has 4 rings (SSSR count). The van der Waals surface area contributed by atoms with Gasteiger partial charge in [0.1, 0.15) is 12.0 Å². The molecule has 0 amide bonds. The fourth-order valence-electron chi connectivity index (χ4n) is 3.21. The van der Waals surface area contributed by atoms with Crippen molar-refractivity contribution in [2.24, 2.45) is 0 Å². The van der Waals surface area contributed by atoms with Gasteiger partial charge in [0.25, 0.3) is 0 Å². The minimum atomic E-state index is -0.915. The number of anilines is 1. The zero-order valence-electron chi connectivity index (χ0n) is 13.5. The van der Waals surface area contributed by atoms with Gasteiger partial charge in [0.2, 0.25) is 5.13 Å². The fraction of sp³-hybridized carbons (Fsp3) is 0.353. The van der Waals surface area contributed by atoms with E-state index < -0.39 is 11.6 Å². The molecule has 1 saturated carbocycles. The molecule has 0 unspecified atom stereocenters. The average molecular weight is 378 g/mol. The Morgan fingerprint density at radius 3 is 2.84 bits per heavy atom. The second-order valence-corrected chi connectivity index (χ2v) is 8.21. The molecule has 1 aliphatic rings. The molecule has 0 aliphatic heterocycles. The molecule has 1 fully saturated rings. The van der Waals surface area contributed by atoms with Crippen molar-refractivity contribution in [3.05, 3.63) is 46.9 Å². The highest BCUT2D eigenvalue weighted by molar-refractivity contribution is 7.23. The number of thiophene rings is 1. The lowest BCUT2D eigenvalue weighted by Gasteiger charge is -2.43. The summed E-state index contributed by atoms with van der Waals surface area (Å²) < 4.78 is 27.7. The molecule has 0 atom stereocenters. The molecule has 0 spiro atoms. The number of pyridine rings is 1. The van der Waals surface area contributed by atoms with E-state index in [4.69, 9.17) is 0 Å². The molecule has 25 heavy (non-hydrogen) atoms. The van der Waals surface area contributed by atoms with Crippen molar-refractivity contribution in [1.82, 2.24) is 15.2 Å². The van der Waals surface area contributed by atoms with E-state index in [-0.39, 0.29) is 18.7 Å². The Bertz CT molecular complexity index is 886. The topological polar surface area (TPSA) is 50.7 Å². The predicted octanol–water partition coefficient (Wildman–Crippen LogP) is 4.59. The first-order valence-corrected chi connectivity index (χ1v) is 9.64. The highest BCUT2D eigenvalue weighted by Gasteiger charge is 2.48. The molecule has 0 saturated heterocycles. The number of aryl methyl sites for hydroxylation is 1. The molecule has 130 valence electrons. The third-order valence-electron chi connectivity index (χ3n) is 4.54. The summed E-state index contributed by atoms with van der Waals surface area (Å²) in [6.07, 6.45) is 1.17. The molecule has 4 nitrogen and oxygen atoms in total. The van der Waals surface area contributed by atoms with Crippen LogP contribution in [0.5, 0.6) is 0 Å². The first-order chi connectivity index (χ1) is 12.1. The zero-order chi connectivity index (χ0) is 17.4. The van der Waals surface area contributed by atoms with Crippen molar-refractivity contribution in [3.63, 3.8) is 0 Å². The van der Waals surface area contributed by atoms with Crippen molar-refractivity contribution in [1.29, 1.82) is 0 Å². The third-order valence-corrected chi connectivity index (χ3v) is 6.60. The number of nitrogens with one attached hydrogen (secondary N) is 1. The maximum atomic E-state index is 14.2. The Morgan fingerprint density at radius 1 is 1.32 bits per heavy atom. The van der Waals surface area contributed by atoms with Crippen LogP contribution in [0.15, 0.2) is 29.8 Å². The summed E-state index contributed by atoms with van der Waals surface area (Å²) in [5.74, 6) is -0.386. The molecule has 3 aromatic heterocycles. The Labute approximate surface area is 152 Å². The molecular formula is C17H16F2N4S2. The van der Waals surface area contributed by atoms with E-state index in [1.165, 1.54) is 23.0 Å². The molecule has 3 heterocycles. The van der Waals surface area contributed by atoms with E-state index in [0.29, 0.717) is 17.4 Å². The van der Waals surface area contributed by atoms with Gasteiger partial charge in [-0.3, -0.25) is 4.98 Å².